The summed E-state index contributed by atoms with van der Waals surface area (Å²) in [5, 5.41) is 0. The third-order valence-corrected chi connectivity index (χ3v) is 4.81. The molecule has 0 bridgehead atoms. The van der Waals surface area contributed by atoms with Crippen LogP contribution in [0.5, 0.6) is 0 Å². The van der Waals surface area contributed by atoms with E-state index in [1.165, 1.54) is 0 Å². The zero-order chi connectivity index (χ0) is 4.28. The van der Waals surface area contributed by atoms with Crippen LogP contribution in [-0.4, -0.2) is 19.1 Å². The molecule has 0 rings (SSSR count). The van der Waals surface area contributed by atoms with Gasteiger partial charge in [-0.3, -0.25) is 0 Å². The van der Waals surface area contributed by atoms with E-state index in [4.69, 9.17) is 11.6 Å². The van der Waals surface area contributed by atoms with E-state index in [1.54, 1.807) is 0 Å². The van der Waals surface area contributed by atoms with Gasteiger partial charge in [0.05, 0.1) is 0 Å². The minimum atomic E-state index is -0.746. The molecule has 0 atom stereocenters. The van der Waals surface area contributed by atoms with Gasteiger partial charge in [-0.15, -0.1) is 0 Å². The Bertz CT molecular complexity index is 20.9. The fraction of sp³-hybridized carbons (Fsp3) is 1.00. The van der Waals surface area contributed by atoms with E-state index in [2.05, 4.69) is 11.5 Å². The van der Waals surface area contributed by atoms with Crippen molar-refractivity contribution in [3.8, 4) is 0 Å². The van der Waals surface area contributed by atoms with Gasteiger partial charge in [-0.1, -0.05) is 0 Å². The van der Waals surface area contributed by atoms with Gasteiger partial charge in [-0.2, -0.15) is 0 Å². The summed E-state index contributed by atoms with van der Waals surface area (Å²) < 4.78 is 0.965. The third-order valence-electron chi connectivity index (χ3n) is 0.309. The summed E-state index contributed by atoms with van der Waals surface area (Å²) in [4.78, 5) is 0. The van der Waals surface area contributed by atoms with Gasteiger partial charge in [-0.25, -0.2) is 0 Å². The molecule has 0 aromatic heterocycles. The molecular weight excluding hydrogens is 144 g/mol. The molecule has 0 nitrogen and oxygen atoms in total. The van der Waals surface area contributed by atoms with Gasteiger partial charge < -0.3 is 0 Å². The standard InChI is InChI=1S/C3H9ClGe/c1-5(2)3-4/h5H,3H2,1-2H3. The minimum absolute atomic E-state index is 0.746. The summed E-state index contributed by atoms with van der Waals surface area (Å²) >= 11 is 4.67. The Hall–Kier alpha value is 0.833. The summed E-state index contributed by atoms with van der Waals surface area (Å²) in [5.41, 5.74) is 0. The van der Waals surface area contributed by atoms with Gasteiger partial charge in [0.2, 0.25) is 0 Å². The van der Waals surface area contributed by atoms with E-state index in [9.17, 15) is 0 Å². The average molecular weight is 153 g/mol. The van der Waals surface area contributed by atoms with Crippen molar-refractivity contribution in [2.75, 3.05) is 4.71 Å². The van der Waals surface area contributed by atoms with E-state index in [-0.39, 0.29) is 0 Å². The molecule has 0 saturated carbocycles. The second kappa shape index (κ2) is 3.04. The molecule has 0 radical (unpaired) electrons. The van der Waals surface area contributed by atoms with E-state index >= 15 is 0 Å². The summed E-state index contributed by atoms with van der Waals surface area (Å²) in [6.45, 7) is 0. The molecule has 5 heavy (non-hydrogen) atoms. The van der Waals surface area contributed by atoms with Crippen LogP contribution >= 0.6 is 11.6 Å². The SMILES string of the molecule is [CH3][GeH]([CH3])[CH2]Cl. The van der Waals surface area contributed by atoms with Crippen LogP contribution in [0.4, 0.5) is 0 Å². The molecule has 0 aliphatic heterocycles. The van der Waals surface area contributed by atoms with E-state index < -0.39 is 14.3 Å². The van der Waals surface area contributed by atoms with Crippen molar-refractivity contribution in [1.82, 2.24) is 0 Å². The van der Waals surface area contributed by atoms with Crippen molar-refractivity contribution in [2.24, 2.45) is 0 Å². The van der Waals surface area contributed by atoms with Crippen molar-refractivity contribution in [2.45, 2.75) is 11.5 Å². The molecule has 0 aliphatic rings. The Morgan fingerprint density at radius 1 is 1.60 bits per heavy atom. The quantitative estimate of drug-likeness (QED) is 0.393. The third kappa shape index (κ3) is 4.83. The number of hydrogen-bond donors (Lipinski definition) is 0. The summed E-state index contributed by atoms with van der Waals surface area (Å²) in [6.07, 6.45) is 0. The van der Waals surface area contributed by atoms with Crippen molar-refractivity contribution in [3.05, 3.63) is 0 Å². The molecule has 0 amide bonds. The van der Waals surface area contributed by atoms with Crippen LogP contribution in [0.1, 0.15) is 0 Å². The Morgan fingerprint density at radius 2 is 1.80 bits per heavy atom. The molecular formula is C3H9ClGe. The summed E-state index contributed by atoms with van der Waals surface area (Å²) in [6, 6.07) is 0. The van der Waals surface area contributed by atoms with Crippen molar-refractivity contribution in [3.63, 3.8) is 0 Å². The molecule has 0 heterocycles. The summed E-state index contributed by atoms with van der Waals surface area (Å²) in [5.74, 6) is 4.56. The molecule has 0 fully saturated rings. The fourth-order valence-corrected chi connectivity index (χ4v) is 0. The molecule has 0 N–H and O–H groups in total. The molecule has 0 aromatic carbocycles. The topological polar surface area (TPSA) is 0 Å². The van der Waals surface area contributed by atoms with Gasteiger partial charge in [0.25, 0.3) is 0 Å². The van der Waals surface area contributed by atoms with Gasteiger partial charge >= 0.3 is 42.2 Å². The second-order valence-corrected chi connectivity index (χ2v) is 9.65. The Kier molecular flexibility index (Phi) is 3.55. The predicted molar refractivity (Wildman–Crippen MR) is 29.6 cm³/mol. The molecule has 0 unspecified atom stereocenters. The van der Waals surface area contributed by atoms with Gasteiger partial charge in [0.1, 0.15) is 0 Å². The zero-order valence-corrected chi connectivity index (χ0v) is 6.84. The second-order valence-electron chi connectivity index (χ2n) is 1.55. The number of hydrogen-bond acceptors (Lipinski definition) is 0. The maximum atomic E-state index is 5.42. The maximum absolute atomic E-state index is 5.42. The van der Waals surface area contributed by atoms with Crippen LogP contribution in [0.2, 0.25) is 11.5 Å². The van der Waals surface area contributed by atoms with E-state index in [0.717, 1.165) is 4.71 Å². The molecule has 32 valence electrons. The first-order valence-corrected chi connectivity index (χ1v) is 8.92. The van der Waals surface area contributed by atoms with Crippen LogP contribution in [-0.2, 0) is 0 Å². The van der Waals surface area contributed by atoms with Crippen LogP contribution in [0.25, 0.3) is 0 Å². The Balaban J connectivity index is 2.54. The molecule has 2 heteroatoms. The van der Waals surface area contributed by atoms with Crippen LogP contribution < -0.4 is 0 Å². The first-order valence-electron chi connectivity index (χ1n) is 1.83. The van der Waals surface area contributed by atoms with E-state index in [0.29, 0.717) is 0 Å². The number of halogens is 1. The van der Waals surface area contributed by atoms with E-state index in [1.807, 2.05) is 0 Å². The van der Waals surface area contributed by atoms with Crippen molar-refractivity contribution in [1.29, 1.82) is 0 Å². The predicted octanol–water partition coefficient (Wildman–Crippen LogP) is 1.25. The van der Waals surface area contributed by atoms with Gasteiger partial charge in [-0.05, 0) is 0 Å². The first-order chi connectivity index (χ1) is 2.27. The monoisotopic (exact) mass is 154 g/mol. The molecule has 0 spiro atoms. The van der Waals surface area contributed by atoms with Crippen molar-refractivity contribution >= 4 is 25.9 Å². The average Bonchev–Trinajstić information content (AvgIpc) is 1.38. The van der Waals surface area contributed by atoms with Gasteiger partial charge in [0, 0.05) is 0 Å². The van der Waals surface area contributed by atoms with Crippen LogP contribution in [0, 0.1) is 0 Å². The molecule has 0 aromatic rings. The number of alkyl halides is 1. The Labute approximate surface area is 42.6 Å². The zero-order valence-electron chi connectivity index (χ0n) is 3.66. The fourth-order valence-electron chi connectivity index (χ4n) is 0. The molecule has 0 aliphatic carbocycles. The van der Waals surface area contributed by atoms with Crippen molar-refractivity contribution < 1.29 is 0 Å². The number of rotatable bonds is 1. The van der Waals surface area contributed by atoms with Crippen LogP contribution in [0.15, 0.2) is 0 Å². The Morgan fingerprint density at radius 3 is 1.80 bits per heavy atom. The van der Waals surface area contributed by atoms with Gasteiger partial charge in [0.15, 0.2) is 0 Å². The van der Waals surface area contributed by atoms with Crippen LogP contribution in [0.3, 0.4) is 0 Å². The first kappa shape index (κ1) is 5.83. The normalized spacial score (nSPS) is 9.60. The summed E-state index contributed by atoms with van der Waals surface area (Å²) in [7, 11) is 0. The molecule has 0 saturated heterocycles.